The van der Waals surface area contributed by atoms with Crippen LogP contribution in [0.1, 0.15) is 36.0 Å². The number of aromatic nitrogens is 4. The highest BCUT2D eigenvalue weighted by atomic mass is 35.5. The van der Waals surface area contributed by atoms with E-state index in [0.717, 1.165) is 30.7 Å². The summed E-state index contributed by atoms with van der Waals surface area (Å²) in [7, 11) is 0. The molecule has 5 nitrogen and oxygen atoms in total. The Labute approximate surface area is 159 Å². The van der Waals surface area contributed by atoms with Crippen molar-refractivity contribution in [3.63, 3.8) is 0 Å². The Morgan fingerprint density at radius 2 is 1.59 bits per heavy atom. The van der Waals surface area contributed by atoms with Gasteiger partial charge in [-0.3, -0.25) is 0 Å². The summed E-state index contributed by atoms with van der Waals surface area (Å²) in [5, 5.41) is -0.542. The first-order chi connectivity index (χ1) is 12.9. The minimum Gasteiger partial charge on any atom is -0.381 e. The van der Waals surface area contributed by atoms with Crippen LogP contribution in [0.3, 0.4) is 0 Å². The van der Waals surface area contributed by atoms with Crippen molar-refractivity contribution in [2.45, 2.75) is 32.6 Å². The van der Waals surface area contributed by atoms with Crippen LogP contribution in [0.2, 0.25) is 5.02 Å². The van der Waals surface area contributed by atoms with Gasteiger partial charge >= 0.3 is 0 Å². The second-order valence-corrected chi connectivity index (χ2v) is 7.02. The average molecular weight is 391 g/mol. The fourth-order valence-corrected chi connectivity index (χ4v) is 3.27. The van der Waals surface area contributed by atoms with E-state index < -0.39 is 16.7 Å². The normalized spacial score (nSPS) is 15.4. The third-order valence-electron chi connectivity index (χ3n) is 4.80. The summed E-state index contributed by atoms with van der Waals surface area (Å²) in [6.45, 7) is 4.93. The molecule has 0 aliphatic carbocycles. The van der Waals surface area contributed by atoms with E-state index in [1.54, 1.807) is 0 Å². The molecule has 3 heterocycles. The molecule has 3 aromatic rings. The zero-order chi connectivity index (χ0) is 19.1. The minimum absolute atomic E-state index is 0.104. The lowest BCUT2D eigenvalue weighted by molar-refractivity contribution is 0.0836. The Morgan fingerprint density at radius 1 is 0.963 bits per heavy atom. The number of halogens is 3. The minimum atomic E-state index is -0.845. The molecular formula is C19H17ClF2N4O. The summed E-state index contributed by atoms with van der Waals surface area (Å²) in [6.07, 6.45) is 1.57. The molecule has 1 fully saturated rings. The maximum absolute atomic E-state index is 14.1. The molecule has 8 heteroatoms. The number of nitrogens with zero attached hydrogens (tertiary/aromatic N) is 4. The fourth-order valence-electron chi connectivity index (χ4n) is 3.16. The van der Waals surface area contributed by atoms with E-state index >= 15 is 0 Å². The van der Waals surface area contributed by atoms with Gasteiger partial charge in [-0.25, -0.2) is 28.7 Å². The summed E-state index contributed by atoms with van der Waals surface area (Å²) in [5.74, 6) is -0.993. The summed E-state index contributed by atoms with van der Waals surface area (Å²) >= 11 is 5.63. The van der Waals surface area contributed by atoms with Gasteiger partial charge in [0.05, 0.1) is 11.4 Å². The maximum atomic E-state index is 14.1. The van der Waals surface area contributed by atoms with Gasteiger partial charge in [-0.2, -0.15) is 0 Å². The second-order valence-electron chi connectivity index (χ2n) is 6.64. The topological polar surface area (TPSA) is 60.8 Å². The number of fused-ring (bicyclic) bond motifs is 1. The van der Waals surface area contributed by atoms with Crippen LogP contribution in [0.15, 0.2) is 12.1 Å². The van der Waals surface area contributed by atoms with Crippen molar-refractivity contribution in [1.29, 1.82) is 0 Å². The Balaban J connectivity index is 1.97. The number of aryl methyl sites for hydroxylation is 2. The maximum Gasteiger partial charge on any atom is 0.182 e. The zero-order valence-corrected chi connectivity index (χ0v) is 15.6. The first kappa shape index (κ1) is 18.1. The van der Waals surface area contributed by atoms with Crippen LogP contribution in [0, 0.1) is 25.5 Å². The first-order valence-electron chi connectivity index (χ1n) is 8.69. The van der Waals surface area contributed by atoms with Crippen molar-refractivity contribution in [2.75, 3.05) is 13.2 Å². The van der Waals surface area contributed by atoms with Crippen molar-refractivity contribution in [3.8, 4) is 11.3 Å². The second kappa shape index (κ2) is 7.05. The van der Waals surface area contributed by atoms with Gasteiger partial charge in [-0.05, 0) is 38.8 Å². The highest BCUT2D eigenvalue weighted by molar-refractivity contribution is 6.31. The molecule has 1 aromatic carbocycles. The Morgan fingerprint density at radius 3 is 2.26 bits per heavy atom. The van der Waals surface area contributed by atoms with Gasteiger partial charge in [-0.1, -0.05) is 11.6 Å². The first-order valence-corrected chi connectivity index (χ1v) is 9.07. The van der Waals surface area contributed by atoms with Crippen LogP contribution >= 0.6 is 11.6 Å². The van der Waals surface area contributed by atoms with Gasteiger partial charge in [0.2, 0.25) is 0 Å². The molecule has 0 unspecified atom stereocenters. The van der Waals surface area contributed by atoms with E-state index in [0.29, 0.717) is 41.6 Å². The lowest BCUT2D eigenvalue weighted by atomic mass is 9.99. The molecule has 0 amide bonds. The predicted octanol–water partition coefficient (Wildman–Crippen LogP) is 4.53. The van der Waals surface area contributed by atoms with Crippen LogP contribution in [0.4, 0.5) is 8.78 Å². The van der Waals surface area contributed by atoms with Crippen molar-refractivity contribution < 1.29 is 13.5 Å². The fraction of sp³-hybridized carbons (Fsp3) is 0.368. The van der Waals surface area contributed by atoms with E-state index in [4.69, 9.17) is 16.3 Å². The average Bonchev–Trinajstić information content (AvgIpc) is 2.66. The number of hydrogen-bond acceptors (Lipinski definition) is 5. The Kier molecular flexibility index (Phi) is 4.74. The van der Waals surface area contributed by atoms with Gasteiger partial charge in [0, 0.05) is 24.7 Å². The van der Waals surface area contributed by atoms with Gasteiger partial charge in [-0.15, -0.1) is 0 Å². The van der Waals surface area contributed by atoms with Crippen LogP contribution in [0.25, 0.3) is 22.4 Å². The van der Waals surface area contributed by atoms with Crippen molar-refractivity contribution >= 4 is 22.8 Å². The number of hydrogen-bond donors (Lipinski definition) is 0. The molecular weight excluding hydrogens is 374 g/mol. The van der Waals surface area contributed by atoms with Gasteiger partial charge in [0.1, 0.15) is 33.7 Å². The molecule has 1 aliphatic heterocycles. The summed E-state index contributed by atoms with van der Waals surface area (Å²) < 4.78 is 33.5. The van der Waals surface area contributed by atoms with Crippen molar-refractivity contribution in [2.24, 2.45) is 0 Å². The molecule has 0 spiro atoms. The summed E-state index contributed by atoms with van der Waals surface area (Å²) in [6, 6.07) is 2.33. The third kappa shape index (κ3) is 3.37. The highest BCUT2D eigenvalue weighted by Gasteiger charge is 2.23. The monoisotopic (exact) mass is 390 g/mol. The molecule has 27 heavy (non-hydrogen) atoms. The Bertz CT molecular complexity index is 1010. The predicted molar refractivity (Wildman–Crippen MR) is 97.8 cm³/mol. The molecule has 1 saturated heterocycles. The molecule has 140 valence electrons. The van der Waals surface area contributed by atoms with E-state index in [1.165, 1.54) is 0 Å². The molecule has 0 radical (unpaired) electrons. The molecule has 0 N–H and O–H groups in total. The van der Waals surface area contributed by atoms with E-state index in [9.17, 15) is 8.78 Å². The van der Waals surface area contributed by atoms with Crippen LogP contribution in [-0.2, 0) is 4.74 Å². The molecule has 0 saturated carbocycles. The van der Waals surface area contributed by atoms with E-state index in [-0.39, 0.29) is 11.5 Å². The molecule has 0 bridgehead atoms. The van der Waals surface area contributed by atoms with E-state index in [1.807, 2.05) is 13.8 Å². The van der Waals surface area contributed by atoms with Crippen molar-refractivity contribution in [3.05, 3.63) is 46.0 Å². The standard InChI is InChI=1S/C19H17ClF2N4O/c1-9-10(2)24-19-17(23-9)16(12-7-13(21)15(20)14(22)8-12)25-18(26-19)11-3-5-27-6-4-11/h7-8,11H,3-6H2,1-2H3. The smallest absolute Gasteiger partial charge is 0.182 e. The third-order valence-corrected chi connectivity index (χ3v) is 5.16. The van der Waals surface area contributed by atoms with Gasteiger partial charge in [0.25, 0.3) is 0 Å². The van der Waals surface area contributed by atoms with Crippen LogP contribution in [0.5, 0.6) is 0 Å². The number of ether oxygens (including phenoxy) is 1. The zero-order valence-electron chi connectivity index (χ0n) is 14.9. The Hall–Kier alpha value is -2.25. The largest absolute Gasteiger partial charge is 0.381 e. The number of rotatable bonds is 2. The summed E-state index contributed by atoms with van der Waals surface area (Å²) in [5.41, 5.74) is 2.90. The van der Waals surface area contributed by atoms with E-state index in [2.05, 4.69) is 19.9 Å². The van der Waals surface area contributed by atoms with Gasteiger partial charge in [0.15, 0.2) is 5.65 Å². The molecule has 0 atom stereocenters. The lowest BCUT2D eigenvalue weighted by Crippen LogP contribution is -2.17. The molecule has 1 aliphatic rings. The van der Waals surface area contributed by atoms with Crippen LogP contribution in [-0.4, -0.2) is 33.1 Å². The SMILES string of the molecule is Cc1nc2nc(C3CCOCC3)nc(-c3cc(F)c(Cl)c(F)c3)c2nc1C. The quantitative estimate of drug-likeness (QED) is 0.602. The number of benzene rings is 1. The van der Waals surface area contributed by atoms with Gasteiger partial charge < -0.3 is 4.74 Å². The molecule has 2 aromatic heterocycles. The lowest BCUT2D eigenvalue weighted by Gasteiger charge is -2.21. The molecule has 4 rings (SSSR count). The highest BCUT2D eigenvalue weighted by Crippen LogP contribution is 2.32. The summed E-state index contributed by atoms with van der Waals surface area (Å²) in [4.78, 5) is 18.3. The van der Waals surface area contributed by atoms with Crippen molar-refractivity contribution in [1.82, 2.24) is 19.9 Å². The van der Waals surface area contributed by atoms with Crippen LogP contribution < -0.4 is 0 Å².